The molecule has 45 heavy (non-hydrogen) atoms. The number of hydrogen-bond donors (Lipinski definition) is 2. The van der Waals surface area contributed by atoms with Crippen molar-refractivity contribution in [2.75, 3.05) is 45.7 Å². The van der Waals surface area contributed by atoms with E-state index in [2.05, 4.69) is 11.4 Å². The molecule has 0 radical (unpaired) electrons. The van der Waals surface area contributed by atoms with Gasteiger partial charge in [-0.1, -0.05) is 30.7 Å². The minimum absolute atomic E-state index is 0.0434. The van der Waals surface area contributed by atoms with Crippen LogP contribution in [0.15, 0.2) is 40.8 Å². The smallest absolute Gasteiger partial charge is 0.223 e. The summed E-state index contributed by atoms with van der Waals surface area (Å²) in [5, 5.41) is 14.1. The van der Waals surface area contributed by atoms with Gasteiger partial charge in [-0.05, 0) is 56.7 Å². The first kappa shape index (κ1) is 35.1. The number of morpholine rings is 1. The van der Waals surface area contributed by atoms with E-state index in [4.69, 9.17) is 9.47 Å². The molecule has 0 bridgehead atoms. The second-order valence-corrected chi connectivity index (χ2v) is 14.9. The molecule has 1 aromatic rings. The van der Waals surface area contributed by atoms with Crippen molar-refractivity contribution in [1.82, 2.24) is 10.2 Å². The molecule has 0 spiro atoms. The first-order chi connectivity index (χ1) is 21.3. The van der Waals surface area contributed by atoms with Gasteiger partial charge < -0.3 is 19.9 Å². The van der Waals surface area contributed by atoms with E-state index in [1.807, 2.05) is 4.90 Å². The Bertz CT molecular complexity index is 1380. The number of allylic oxidation sites excluding steroid dienone is 2. The summed E-state index contributed by atoms with van der Waals surface area (Å²) in [6.07, 6.45) is 5.65. The minimum atomic E-state index is -3.50. The van der Waals surface area contributed by atoms with Gasteiger partial charge >= 0.3 is 0 Å². The largest absolute Gasteiger partial charge is 0.386 e. The number of Topliss-reactive ketones (excluding diaryl/α,β-unsaturated/α-hetero) is 3. The van der Waals surface area contributed by atoms with E-state index >= 15 is 0 Å². The average Bonchev–Trinajstić information content (AvgIpc) is 3.77. The molecule has 2 aliphatic heterocycles. The molecule has 1 aliphatic carbocycles. The van der Waals surface area contributed by atoms with E-state index in [0.29, 0.717) is 32.7 Å². The van der Waals surface area contributed by atoms with Crippen LogP contribution in [0.5, 0.6) is 0 Å². The Morgan fingerprint density at radius 2 is 1.73 bits per heavy atom. The Morgan fingerprint density at radius 3 is 2.31 bits per heavy atom. The maximum absolute atomic E-state index is 14.0. The van der Waals surface area contributed by atoms with Crippen LogP contribution in [0.2, 0.25) is 0 Å². The number of carbonyl (C=O) groups is 4. The van der Waals surface area contributed by atoms with Crippen LogP contribution in [0, 0.1) is 11.8 Å². The highest BCUT2D eigenvalue weighted by Gasteiger charge is 2.50. The number of ketones is 3. The predicted octanol–water partition coefficient (Wildman–Crippen LogP) is 2.36. The number of benzene rings is 1. The van der Waals surface area contributed by atoms with E-state index in [0.717, 1.165) is 37.5 Å². The number of rotatable bonds is 16. The predicted molar refractivity (Wildman–Crippen MR) is 166 cm³/mol. The molecular formula is C33H46N2O9S. The summed E-state index contributed by atoms with van der Waals surface area (Å²) in [6.45, 7) is 6.12. The van der Waals surface area contributed by atoms with Crippen molar-refractivity contribution < 1.29 is 42.2 Å². The molecule has 0 unspecified atom stereocenters. The van der Waals surface area contributed by atoms with Crippen molar-refractivity contribution in [1.29, 1.82) is 0 Å². The number of hydrogen-bond acceptors (Lipinski definition) is 10. The second-order valence-electron chi connectivity index (χ2n) is 12.9. The first-order valence-corrected chi connectivity index (χ1v) is 17.6. The van der Waals surface area contributed by atoms with Crippen molar-refractivity contribution >= 4 is 33.1 Å². The highest BCUT2D eigenvalue weighted by molar-refractivity contribution is 7.90. The molecule has 1 amide bonds. The highest BCUT2D eigenvalue weighted by atomic mass is 32.2. The van der Waals surface area contributed by atoms with E-state index in [1.165, 1.54) is 24.3 Å². The zero-order valence-electron chi connectivity index (χ0n) is 26.5. The summed E-state index contributed by atoms with van der Waals surface area (Å²) < 4.78 is 34.7. The molecule has 12 heteroatoms. The summed E-state index contributed by atoms with van der Waals surface area (Å²) in [4.78, 5) is 55.6. The van der Waals surface area contributed by atoms with Crippen molar-refractivity contribution in [3.8, 4) is 0 Å². The molecule has 5 atom stereocenters. The normalized spacial score (nSPS) is 23.2. The molecule has 2 N–H and O–H groups in total. The fourth-order valence-corrected chi connectivity index (χ4v) is 6.59. The fraction of sp³-hybridized carbons (Fsp3) is 0.636. The molecular weight excluding hydrogens is 600 g/mol. The topological polar surface area (TPSA) is 160 Å². The van der Waals surface area contributed by atoms with Gasteiger partial charge in [-0.3, -0.25) is 24.1 Å². The third kappa shape index (κ3) is 9.86. The van der Waals surface area contributed by atoms with Gasteiger partial charge in [0.25, 0.3) is 0 Å². The van der Waals surface area contributed by atoms with Crippen LogP contribution in [-0.2, 0) is 38.5 Å². The lowest BCUT2D eigenvalue weighted by molar-refractivity contribution is -0.136. The molecule has 2 heterocycles. The molecule has 3 aliphatic rings. The summed E-state index contributed by atoms with van der Waals surface area (Å²) >= 11 is 0. The lowest BCUT2D eigenvalue weighted by atomic mass is 9.81. The van der Waals surface area contributed by atoms with Crippen molar-refractivity contribution in [3.63, 3.8) is 0 Å². The number of nitrogens with zero attached hydrogens (tertiary/aromatic N) is 1. The quantitative estimate of drug-likeness (QED) is 0.202. The lowest BCUT2D eigenvalue weighted by Crippen LogP contribution is -2.48. The monoisotopic (exact) mass is 646 g/mol. The number of sulfone groups is 1. The third-order valence-electron chi connectivity index (χ3n) is 8.91. The van der Waals surface area contributed by atoms with Gasteiger partial charge in [-0.25, -0.2) is 8.42 Å². The molecule has 1 aromatic carbocycles. The Labute approximate surface area is 265 Å². The maximum Gasteiger partial charge on any atom is 0.223 e. The number of aliphatic hydroxyl groups excluding tert-OH is 1. The zero-order valence-corrected chi connectivity index (χ0v) is 27.3. The SMILES string of the molecule is C[C@H](CC(=O)CN1CCOCC1)C(=O)N[C@H](C(=O)C[C@@H](CC1=CCCCC1)C(=O)[C@@]1(C)CO1)[C@H](O)c1ccc(S(C)(=O)=O)cc1. The minimum Gasteiger partial charge on any atom is -0.386 e. The summed E-state index contributed by atoms with van der Waals surface area (Å²) in [6, 6.07) is 4.03. The maximum atomic E-state index is 14.0. The summed E-state index contributed by atoms with van der Waals surface area (Å²) in [5.74, 6) is -2.89. The lowest BCUT2D eigenvalue weighted by Gasteiger charge is -2.28. The Morgan fingerprint density at radius 1 is 1.07 bits per heavy atom. The molecule has 2 fully saturated rings. The van der Waals surface area contributed by atoms with Crippen LogP contribution in [0.1, 0.15) is 70.5 Å². The molecule has 11 nitrogen and oxygen atoms in total. The standard InChI is InChI=1S/C33H46N2O9S/c1-22(17-26(36)20-35-13-15-43-16-14-35)32(40)34-29(30(38)24-9-11-27(12-10-24)45(3,41)42)28(37)19-25(31(39)33(2)21-44-33)18-23-7-5-4-6-8-23/h7,9-12,22,25,29-30,38H,4-6,8,13-21H2,1-3H3,(H,34,40)/t22-,25-,29-,30-,33-/m1/s1. The summed E-state index contributed by atoms with van der Waals surface area (Å²) in [7, 11) is -3.50. The van der Waals surface area contributed by atoms with Crippen LogP contribution < -0.4 is 5.32 Å². The van der Waals surface area contributed by atoms with E-state index in [9.17, 15) is 32.7 Å². The molecule has 0 saturated carbocycles. The Balaban J connectivity index is 1.53. The van der Waals surface area contributed by atoms with Crippen molar-refractivity contribution in [3.05, 3.63) is 41.5 Å². The van der Waals surface area contributed by atoms with Crippen LogP contribution in [0.25, 0.3) is 0 Å². The van der Waals surface area contributed by atoms with Crippen LogP contribution in [-0.4, -0.2) is 99.0 Å². The zero-order chi connectivity index (χ0) is 32.8. The van der Waals surface area contributed by atoms with Crippen molar-refractivity contribution in [2.45, 2.75) is 81.4 Å². The van der Waals surface area contributed by atoms with Gasteiger partial charge in [0, 0.05) is 44.0 Å². The number of amides is 1. The van der Waals surface area contributed by atoms with Crippen molar-refractivity contribution in [2.24, 2.45) is 11.8 Å². The van der Waals surface area contributed by atoms with Crippen LogP contribution >= 0.6 is 0 Å². The van der Waals surface area contributed by atoms with Crippen LogP contribution in [0.4, 0.5) is 0 Å². The molecule has 2 saturated heterocycles. The van der Waals surface area contributed by atoms with Gasteiger partial charge in [0.1, 0.15) is 23.5 Å². The van der Waals surface area contributed by atoms with Gasteiger partial charge in [-0.2, -0.15) is 0 Å². The molecule has 4 rings (SSSR count). The second kappa shape index (κ2) is 15.2. The Kier molecular flexibility index (Phi) is 11.9. The third-order valence-corrected chi connectivity index (χ3v) is 10.0. The van der Waals surface area contributed by atoms with Gasteiger partial charge in [-0.15, -0.1) is 0 Å². The average molecular weight is 647 g/mol. The van der Waals surface area contributed by atoms with E-state index in [-0.39, 0.29) is 48.0 Å². The van der Waals surface area contributed by atoms with E-state index in [1.54, 1.807) is 13.8 Å². The molecule has 0 aromatic heterocycles. The number of carbonyl (C=O) groups excluding carboxylic acids is 4. The molecule has 248 valence electrons. The number of nitrogens with one attached hydrogen (secondary N) is 1. The number of epoxide rings is 1. The van der Waals surface area contributed by atoms with Gasteiger partial charge in [0.2, 0.25) is 5.91 Å². The fourth-order valence-electron chi connectivity index (χ4n) is 5.96. The highest BCUT2D eigenvalue weighted by Crippen LogP contribution is 2.36. The van der Waals surface area contributed by atoms with Crippen LogP contribution in [0.3, 0.4) is 0 Å². The van der Waals surface area contributed by atoms with Gasteiger partial charge in [0.15, 0.2) is 21.4 Å². The van der Waals surface area contributed by atoms with E-state index < -0.39 is 51.1 Å². The number of ether oxygens (including phenoxy) is 2. The first-order valence-electron chi connectivity index (χ1n) is 15.8. The summed E-state index contributed by atoms with van der Waals surface area (Å²) in [5.41, 5.74) is 0.392. The Hall–Kier alpha value is -2.77. The van der Waals surface area contributed by atoms with Gasteiger partial charge in [0.05, 0.1) is 31.3 Å². The number of aliphatic hydroxyl groups is 1.